The van der Waals surface area contributed by atoms with Crippen molar-refractivity contribution in [1.82, 2.24) is 5.32 Å². The van der Waals surface area contributed by atoms with Crippen molar-refractivity contribution in [2.45, 2.75) is 38.6 Å². The highest BCUT2D eigenvalue weighted by molar-refractivity contribution is 9.10. The molecule has 0 unspecified atom stereocenters. The lowest BCUT2D eigenvalue weighted by Gasteiger charge is -2.29. The van der Waals surface area contributed by atoms with Crippen molar-refractivity contribution in [3.63, 3.8) is 0 Å². The molecule has 2 rings (SSSR count). The van der Waals surface area contributed by atoms with Crippen molar-refractivity contribution < 1.29 is 18.7 Å². The Kier molecular flexibility index (Phi) is 6.97. The minimum atomic E-state index is -0.679. The van der Waals surface area contributed by atoms with Gasteiger partial charge in [0.15, 0.2) is 6.61 Å². The summed E-state index contributed by atoms with van der Waals surface area (Å²) in [6.07, 6.45) is 6.80. The van der Waals surface area contributed by atoms with Crippen LogP contribution >= 0.6 is 15.9 Å². The fourth-order valence-corrected chi connectivity index (χ4v) is 3.14. The zero-order valence-electron chi connectivity index (χ0n) is 13.6. The number of benzene rings is 1. The number of nitrogens with one attached hydrogen (secondary N) is 1. The Labute approximate surface area is 149 Å². The molecule has 0 bridgehead atoms. The third-order valence-electron chi connectivity index (χ3n) is 4.16. The van der Waals surface area contributed by atoms with E-state index in [0.29, 0.717) is 10.4 Å². The van der Waals surface area contributed by atoms with Crippen molar-refractivity contribution in [2.24, 2.45) is 5.92 Å². The molecule has 0 heterocycles. The molecule has 130 valence electrons. The van der Waals surface area contributed by atoms with Gasteiger partial charge in [0.25, 0.3) is 5.91 Å². The van der Waals surface area contributed by atoms with Crippen LogP contribution in [0.15, 0.2) is 28.7 Å². The van der Waals surface area contributed by atoms with Gasteiger partial charge in [-0.2, -0.15) is 0 Å². The molecule has 4 nitrogen and oxygen atoms in total. The summed E-state index contributed by atoms with van der Waals surface area (Å²) in [5.74, 6) is -0.977. The predicted molar refractivity (Wildman–Crippen MR) is 93.7 cm³/mol. The smallest absolute Gasteiger partial charge is 0.331 e. The van der Waals surface area contributed by atoms with Crippen LogP contribution in [0.1, 0.15) is 38.2 Å². The molecule has 1 aliphatic rings. The first-order valence-electron chi connectivity index (χ1n) is 8.05. The second-order valence-corrected chi connectivity index (χ2v) is 6.96. The summed E-state index contributed by atoms with van der Waals surface area (Å²) in [6.45, 7) is 1.79. The lowest BCUT2D eigenvalue weighted by atomic mass is 9.86. The van der Waals surface area contributed by atoms with Crippen molar-refractivity contribution in [2.75, 3.05) is 6.61 Å². The zero-order valence-corrected chi connectivity index (χ0v) is 15.1. The van der Waals surface area contributed by atoms with E-state index in [-0.39, 0.29) is 24.1 Å². The summed E-state index contributed by atoms with van der Waals surface area (Å²) < 4.78 is 19.1. The Morgan fingerprint density at radius 1 is 1.38 bits per heavy atom. The monoisotopic (exact) mass is 397 g/mol. The van der Waals surface area contributed by atoms with E-state index >= 15 is 0 Å². The molecule has 0 spiro atoms. The number of halogens is 2. The third-order valence-corrected chi connectivity index (χ3v) is 4.65. The van der Waals surface area contributed by atoms with Crippen LogP contribution in [0, 0.1) is 11.7 Å². The van der Waals surface area contributed by atoms with E-state index in [1.807, 2.05) is 0 Å². The van der Waals surface area contributed by atoms with Gasteiger partial charge in [0.2, 0.25) is 0 Å². The summed E-state index contributed by atoms with van der Waals surface area (Å²) in [5, 5.41) is 2.91. The molecule has 1 aromatic carbocycles. The maximum atomic E-state index is 13.5. The van der Waals surface area contributed by atoms with Gasteiger partial charge in [-0.25, -0.2) is 9.18 Å². The molecule has 1 fully saturated rings. The normalized spacial score (nSPS) is 20.8. The lowest BCUT2D eigenvalue weighted by molar-refractivity contribution is -0.144. The highest BCUT2D eigenvalue weighted by atomic mass is 79.9. The standard InChI is InChI=1S/C18H21BrFNO3/c1-12-4-2-3-5-16(12)21-17(22)11-24-18(23)9-6-13-10-14(19)7-8-15(13)20/h6-10,12,16H,2-5,11H2,1H3,(H,21,22)/b9-6+/t12-,16+/m1/s1. The van der Waals surface area contributed by atoms with Crippen molar-refractivity contribution in [3.8, 4) is 0 Å². The molecule has 1 amide bonds. The fourth-order valence-electron chi connectivity index (χ4n) is 2.76. The van der Waals surface area contributed by atoms with Gasteiger partial charge in [-0.15, -0.1) is 0 Å². The second-order valence-electron chi connectivity index (χ2n) is 6.04. The van der Waals surface area contributed by atoms with E-state index in [1.165, 1.54) is 18.6 Å². The van der Waals surface area contributed by atoms with Crippen molar-refractivity contribution in [1.29, 1.82) is 0 Å². The Morgan fingerprint density at radius 3 is 2.88 bits per heavy atom. The SMILES string of the molecule is C[C@@H]1CCCC[C@@H]1NC(=O)COC(=O)/C=C/c1cc(Br)ccc1F. The predicted octanol–water partition coefficient (Wildman–Crippen LogP) is 3.84. The van der Waals surface area contributed by atoms with Crippen LogP contribution in [0.3, 0.4) is 0 Å². The van der Waals surface area contributed by atoms with Gasteiger partial charge < -0.3 is 10.1 Å². The number of hydrogen-bond donors (Lipinski definition) is 1. The van der Waals surface area contributed by atoms with Gasteiger partial charge in [0, 0.05) is 22.2 Å². The van der Waals surface area contributed by atoms with Crippen LogP contribution < -0.4 is 5.32 Å². The quantitative estimate of drug-likeness (QED) is 0.606. The number of carbonyl (C=O) groups is 2. The topological polar surface area (TPSA) is 55.4 Å². The molecule has 2 atom stereocenters. The molecule has 24 heavy (non-hydrogen) atoms. The summed E-state index contributed by atoms with van der Waals surface area (Å²) in [4.78, 5) is 23.5. The van der Waals surface area contributed by atoms with Crippen LogP contribution in [0.4, 0.5) is 4.39 Å². The first-order valence-corrected chi connectivity index (χ1v) is 8.84. The minimum absolute atomic E-state index is 0.149. The molecule has 1 aliphatic carbocycles. The number of carbonyl (C=O) groups excluding carboxylic acids is 2. The van der Waals surface area contributed by atoms with E-state index in [0.717, 1.165) is 25.3 Å². The average molecular weight is 398 g/mol. The van der Waals surface area contributed by atoms with E-state index in [2.05, 4.69) is 28.2 Å². The first-order chi connectivity index (χ1) is 11.5. The molecule has 1 N–H and O–H groups in total. The maximum Gasteiger partial charge on any atom is 0.331 e. The highest BCUT2D eigenvalue weighted by Gasteiger charge is 2.22. The molecule has 0 aliphatic heterocycles. The molecule has 0 saturated heterocycles. The van der Waals surface area contributed by atoms with Gasteiger partial charge in [0.1, 0.15) is 5.82 Å². The number of esters is 1. The van der Waals surface area contributed by atoms with Crippen LogP contribution in [0.5, 0.6) is 0 Å². The summed E-state index contributed by atoms with van der Waals surface area (Å²) in [7, 11) is 0. The fraction of sp³-hybridized carbons (Fsp3) is 0.444. The Balaban J connectivity index is 1.79. The van der Waals surface area contributed by atoms with Gasteiger partial charge >= 0.3 is 5.97 Å². The van der Waals surface area contributed by atoms with Gasteiger partial charge in [0.05, 0.1) is 0 Å². The van der Waals surface area contributed by atoms with Gasteiger partial charge in [-0.05, 0) is 43.0 Å². The van der Waals surface area contributed by atoms with Crippen LogP contribution in [-0.2, 0) is 14.3 Å². The largest absolute Gasteiger partial charge is 0.452 e. The van der Waals surface area contributed by atoms with Crippen molar-refractivity contribution in [3.05, 3.63) is 40.1 Å². The number of hydrogen-bond acceptors (Lipinski definition) is 3. The van der Waals surface area contributed by atoms with Gasteiger partial charge in [-0.3, -0.25) is 4.79 Å². The first kappa shape index (κ1) is 18.6. The molecule has 0 aromatic heterocycles. The molecule has 1 saturated carbocycles. The van der Waals surface area contributed by atoms with Gasteiger partial charge in [-0.1, -0.05) is 35.7 Å². The highest BCUT2D eigenvalue weighted by Crippen LogP contribution is 2.23. The summed E-state index contributed by atoms with van der Waals surface area (Å²) >= 11 is 3.24. The Hall–Kier alpha value is -1.69. The third kappa shape index (κ3) is 5.74. The van der Waals surface area contributed by atoms with Crippen LogP contribution in [0.25, 0.3) is 6.08 Å². The molecule has 6 heteroatoms. The molecule has 1 aromatic rings. The Bertz CT molecular complexity index is 633. The summed E-state index contributed by atoms with van der Waals surface area (Å²) in [5.41, 5.74) is 0.266. The molecular formula is C18H21BrFNO3. The Morgan fingerprint density at radius 2 is 2.12 bits per heavy atom. The lowest BCUT2D eigenvalue weighted by Crippen LogP contribution is -2.42. The minimum Gasteiger partial charge on any atom is -0.452 e. The number of ether oxygens (including phenoxy) is 1. The van der Waals surface area contributed by atoms with E-state index in [9.17, 15) is 14.0 Å². The zero-order chi connectivity index (χ0) is 17.5. The van der Waals surface area contributed by atoms with Crippen molar-refractivity contribution >= 4 is 33.9 Å². The van der Waals surface area contributed by atoms with E-state index in [1.54, 1.807) is 12.1 Å². The van der Waals surface area contributed by atoms with Crippen LogP contribution in [0.2, 0.25) is 0 Å². The maximum absolute atomic E-state index is 13.5. The van der Waals surface area contributed by atoms with Crippen LogP contribution in [-0.4, -0.2) is 24.5 Å². The van der Waals surface area contributed by atoms with E-state index < -0.39 is 11.8 Å². The average Bonchev–Trinajstić information content (AvgIpc) is 2.56. The molecular weight excluding hydrogens is 377 g/mol. The number of amides is 1. The molecule has 0 radical (unpaired) electrons. The van der Waals surface area contributed by atoms with E-state index in [4.69, 9.17) is 4.74 Å². The number of rotatable bonds is 5. The second kappa shape index (κ2) is 8.97. The summed E-state index contributed by atoms with van der Waals surface area (Å²) in [6, 6.07) is 4.57.